The molecule has 4 rings (SSSR count). The SMILES string of the molecule is N[C@@H](CCC(=O)Oc1nc2ccccc2s1)C(=O)Oc1nc2ccccc2s1. The predicted octanol–water partition coefficient (Wildman–Crippen LogP) is 3.52. The zero-order chi connectivity index (χ0) is 19.5. The Hall–Kier alpha value is -2.88. The van der Waals surface area contributed by atoms with Crippen LogP contribution in [0.5, 0.6) is 10.4 Å². The Morgan fingerprint density at radius 2 is 1.43 bits per heavy atom. The van der Waals surface area contributed by atoms with Crippen molar-refractivity contribution in [3.8, 4) is 10.4 Å². The van der Waals surface area contributed by atoms with Crippen molar-refractivity contribution in [1.29, 1.82) is 0 Å². The van der Waals surface area contributed by atoms with Crippen molar-refractivity contribution in [3.05, 3.63) is 48.5 Å². The zero-order valence-electron chi connectivity index (χ0n) is 14.5. The number of nitrogens with zero attached hydrogens (tertiary/aromatic N) is 2. The maximum atomic E-state index is 12.1. The molecule has 2 aromatic carbocycles. The summed E-state index contributed by atoms with van der Waals surface area (Å²) in [6, 6.07) is 14.0. The smallest absolute Gasteiger partial charge is 0.330 e. The lowest BCUT2D eigenvalue weighted by Crippen LogP contribution is -2.35. The van der Waals surface area contributed by atoms with E-state index in [0.29, 0.717) is 0 Å². The van der Waals surface area contributed by atoms with Gasteiger partial charge in [0.2, 0.25) is 0 Å². The van der Waals surface area contributed by atoms with Crippen LogP contribution in [0.25, 0.3) is 20.4 Å². The van der Waals surface area contributed by atoms with Crippen molar-refractivity contribution in [2.24, 2.45) is 5.73 Å². The van der Waals surface area contributed by atoms with Gasteiger partial charge < -0.3 is 15.2 Å². The van der Waals surface area contributed by atoms with Crippen LogP contribution in [-0.2, 0) is 9.59 Å². The van der Waals surface area contributed by atoms with E-state index in [2.05, 4.69) is 9.97 Å². The first-order valence-electron chi connectivity index (χ1n) is 8.47. The molecule has 0 fully saturated rings. The lowest BCUT2D eigenvalue weighted by atomic mass is 10.2. The van der Waals surface area contributed by atoms with Crippen LogP contribution in [0.4, 0.5) is 0 Å². The highest BCUT2D eigenvalue weighted by atomic mass is 32.1. The highest BCUT2D eigenvalue weighted by Crippen LogP contribution is 2.28. The van der Waals surface area contributed by atoms with Gasteiger partial charge in [0.1, 0.15) is 6.04 Å². The zero-order valence-corrected chi connectivity index (χ0v) is 16.2. The van der Waals surface area contributed by atoms with Crippen molar-refractivity contribution >= 4 is 55.0 Å². The number of nitrogens with two attached hydrogens (primary N) is 1. The Morgan fingerprint density at radius 3 is 2.00 bits per heavy atom. The molecule has 1 atom stereocenters. The molecule has 4 aromatic rings. The lowest BCUT2D eigenvalue weighted by molar-refractivity contribution is -0.137. The molecule has 0 unspecified atom stereocenters. The molecular formula is C19H15N3O4S2. The molecule has 2 heterocycles. The van der Waals surface area contributed by atoms with Crippen molar-refractivity contribution in [2.45, 2.75) is 18.9 Å². The summed E-state index contributed by atoms with van der Waals surface area (Å²) in [7, 11) is 0. The minimum atomic E-state index is -0.949. The molecule has 142 valence electrons. The third-order valence-corrected chi connectivity index (χ3v) is 5.73. The van der Waals surface area contributed by atoms with Gasteiger partial charge in [0.05, 0.1) is 20.4 Å². The number of carbonyl (C=O) groups is 2. The lowest BCUT2D eigenvalue weighted by Gasteiger charge is -2.08. The Morgan fingerprint density at radius 1 is 0.893 bits per heavy atom. The number of esters is 2. The summed E-state index contributed by atoms with van der Waals surface area (Å²) >= 11 is 2.55. The van der Waals surface area contributed by atoms with Gasteiger partial charge in [-0.3, -0.25) is 4.79 Å². The first-order chi connectivity index (χ1) is 13.6. The molecule has 0 bridgehead atoms. The minimum absolute atomic E-state index is 0.0218. The van der Waals surface area contributed by atoms with Gasteiger partial charge in [-0.2, -0.15) is 0 Å². The van der Waals surface area contributed by atoms with E-state index in [1.807, 2.05) is 48.5 Å². The highest BCUT2D eigenvalue weighted by molar-refractivity contribution is 7.20. The number of para-hydroxylation sites is 2. The van der Waals surface area contributed by atoms with Crippen molar-refractivity contribution in [2.75, 3.05) is 0 Å². The van der Waals surface area contributed by atoms with Crippen LogP contribution in [-0.4, -0.2) is 27.9 Å². The summed E-state index contributed by atoms with van der Waals surface area (Å²) in [5.74, 6) is -1.13. The fourth-order valence-corrected chi connectivity index (χ4v) is 4.14. The van der Waals surface area contributed by atoms with E-state index in [4.69, 9.17) is 15.2 Å². The number of benzene rings is 2. The van der Waals surface area contributed by atoms with E-state index in [1.54, 1.807) is 0 Å². The summed E-state index contributed by atoms with van der Waals surface area (Å²) in [5.41, 5.74) is 7.37. The number of ether oxygens (including phenoxy) is 2. The quantitative estimate of drug-likeness (QED) is 0.482. The Labute approximate surface area is 167 Å². The third kappa shape index (κ3) is 4.16. The van der Waals surface area contributed by atoms with Gasteiger partial charge >= 0.3 is 11.9 Å². The van der Waals surface area contributed by atoms with Gasteiger partial charge in [-0.1, -0.05) is 46.9 Å². The van der Waals surface area contributed by atoms with Gasteiger partial charge in [0.25, 0.3) is 10.4 Å². The highest BCUT2D eigenvalue weighted by Gasteiger charge is 2.20. The summed E-state index contributed by atoms with van der Waals surface area (Å²) in [5, 5.41) is 0.510. The van der Waals surface area contributed by atoms with Crippen molar-refractivity contribution in [3.63, 3.8) is 0 Å². The molecule has 28 heavy (non-hydrogen) atoms. The number of fused-ring (bicyclic) bond motifs is 2. The molecule has 0 spiro atoms. The molecule has 7 nitrogen and oxygen atoms in total. The molecule has 9 heteroatoms. The first-order valence-corrected chi connectivity index (χ1v) is 10.1. The topological polar surface area (TPSA) is 104 Å². The molecule has 0 radical (unpaired) electrons. The van der Waals surface area contributed by atoms with E-state index in [0.717, 1.165) is 20.4 Å². The molecular weight excluding hydrogens is 398 g/mol. The molecule has 0 aliphatic rings. The Kier molecular flexibility index (Phi) is 5.29. The average molecular weight is 413 g/mol. The normalized spacial score (nSPS) is 12.2. The molecule has 0 aliphatic heterocycles. The summed E-state index contributed by atoms with van der Waals surface area (Å²) < 4.78 is 12.3. The number of hydrogen-bond acceptors (Lipinski definition) is 9. The van der Waals surface area contributed by atoms with Gasteiger partial charge in [-0.15, -0.1) is 0 Å². The molecule has 0 aliphatic carbocycles. The molecule has 2 aromatic heterocycles. The number of hydrogen-bond donors (Lipinski definition) is 1. The van der Waals surface area contributed by atoms with Crippen molar-refractivity contribution < 1.29 is 19.1 Å². The van der Waals surface area contributed by atoms with Gasteiger partial charge in [-0.25, -0.2) is 14.8 Å². The fourth-order valence-electron chi connectivity index (χ4n) is 2.49. The Bertz CT molecular complexity index is 1090. The fraction of sp³-hybridized carbons (Fsp3) is 0.158. The van der Waals surface area contributed by atoms with E-state index >= 15 is 0 Å². The van der Waals surface area contributed by atoms with Gasteiger partial charge in [0.15, 0.2) is 0 Å². The second kappa shape index (κ2) is 8.01. The predicted molar refractivity (Wildman–Crippen MR) is 108 cm³/mol. The van der Waals surface area contributed by atoms with E-state index in [-0.39, 0.29) is 23.2 Å². The number of rotatable bonds is 6. The monoisotopic (exact) mass is 413 g/mol. The standard InChI is InChI=1S/C19H15N3O4S2/c20-11(17(24)26-19-22-13-6-2-4-8-15(13)28-19)9-10-16(23)25-18-21-12-5-1-3-7-14(12)27-18/h1-8,11H,9-10,20H2/t11-/m0/s1. The third-order valence-electron chi connectivity index (χ3n) is 3.90. The maximum absolute atomic E-state index is 12.1. The number of thiazole rings is 2. The van der Waals surface area contributed by atoms with E-state index < -0.39 is 18.0 Å². The van der Waals surface area contributed by atoms with E-state index in [1.165, 1.54) is 22.7 Å². The number of carbonyl (C=O) groups excluding carboxylic acids is 2. The second-order valence-electron chi connectivity index (χ2n) is 5.94. The van der Waals surface area contributed by atoms with Crippen LogP contribution in [0.15, 0.2) is 48.5 Å². The Balaban J connectivity index is 1.29. The summed E-state index contributed by atoms with van der Waals surface area (Å²) in [6.45, 7) is 0. The van der Waals surface area contributed by atoms with E-state index in [9.17, 15) is 9.59 Å². The maximum Gasteiger partial charge on any atom is 0.330 e. The van der Waals surface area contributed by atoms with Crippen LogP contribution in [0.1, 0.15) is 12.8 Å². The average Bonchev–Trinajstić information content (AvgIpc) is 3.28. The first kappa shape index (κ1) is 18.5. The van der Waals surface area contributed by atoms with Crippen LogP contribution in [0.2, 0.25) is 0 Å². The largest absolute Gasteiger partial charge is 0.398 e. The van der Waals surface area contributed by atoms with Crippen LogP contribution in [0, 0.1) is 0 Å². The molecule has 0 saturated carbocycles. The van der Waals surface area contributed by atoms with Crippen LogP contribution >= 0.6 is 22.7 Å². The molecule has 0 amide bonds. The van der Waals surface area contributed by atoms with Crippen LogP contribution < -0.4 is 15.2 Å². The number of aromatic nitrogens is 2. The summed E-state index contributed by atoms with van der Waals surface area (Å²) in [6.07, 6.45) is 0.0828. The minimum Gasteiger partial charge on any atom is -0.398 e. The van der Waals surface area contributed by atoms with Gasteiger partial charge in [0, 0.05) is 6.42 Å². The molecule has 0 saturated heterocycles. The molecule has 2 N–H and O–H groups in total. The van der Waals surface area contributed by atoms with Crippen molar-refractivity contribution in [1.82, 2.24) is 9.97 Å². The van der Waals surface area contributed by atoms with Gasteiger partial charge in [-0.05, 0) is 30.7 Å². The van der Waals surface area contributed by atoms with Crippen LogP contribution in [0.3, 0.4) is 0 Å². The second-order valence-corrected chi connectivity index (χ2v) is 7.92. The summed E-state index contributed by atoms with van der Waals surface area (Å²) in [4.78, 5) is 32.6.